The highest BCUT2D eigenvalue weighted by Crippen LogP contribution is 2.25. The third kappa shape index (κ3) is 2.46. The molecule has 0 saturated carbocycles. The van der Waals surface area contributed by atoms with E-state index in [9.17, 15) is 0 Å². The number of anilines is 1. The fourth-order valence-corrected chi connectivity index (χ4v) is 2.97. The van der Waals surface area contributed by atoms with Crippen LogP contribution in [0, 0.1) is 0 Å². The lowest BCUT2D eigenvalue weighted by atomic mass is 10.2. The summed E-state index contributed by atoms with van der Waals surface area (Å²) in [5.74, 6) is 2.24. The molecule has 5 nitrogen and oxygen atoms in total. The van der Waals surface area contributed by atoms with Gasteiger partial charge in [-0.15, -0.1) is 0 Å². The average Bonchev–Trinajstić information content (AvgIpc) is 2.38. The zero-order valence-electron chi connectivity index (χ0n) is 9.71. The van der Waals surface area contributed by atoms with E-state index in [1.807, 2.05) is 23.9 Å². The number of hydrogen-bond donors (Lipinski definition) is 2. The molecule has 92 valence electrons. The minimum atomic E-state index is 0.0611. The third-order valence-electron chi connectivity index (χ3n) is 2.81. The number of oxime groups is 1. The monoisotopic (exact) mass is 252 g/mol. The van der Waals surface area contributed by atoms with Crippen molar-refractivity contribution >= 4 is 23.3 Å². The normalized spacial score (nSPS) is 21.6. The Morgan fingerprint density at radius 2 is 2.53 bits per heavy atom. The highest BCUT2D eigenvalue weighted by molar-refractivity contribution is 7.99. The van der Waals surface area contributed by atoms with Gasteiger partial charge in [0.05, 0.1) is 5.69 Å². The molecule has 0 bridgehead atoms. The summed E-state index contributed by atoms with van der Waals surface area (Å²) in [6, 6.07) is 4.27. The van der Waals surface area contributed by atoms with Crippen molar-refractivity contribution in [1.82, 2.24) is 4.98 Å². The molecule has 0 aromatic carbocycles. The highest BCUT2D eigenvalue weighted by Gasteiger charge is 2.22. The molecular weight excluding hydrogens is 236 g/mol. The topological polar surface area (TPSA) is 74.7 Å². The molecular formula is C11H16N4OS. The lowest BCUT2D eigenvalue weighted by molar-refractivity contribution is 0.318. The summed E-state index contributed by atoms with van der Waals surface area (Å²) in [6.45, 7) is 3.14. The Labute approximate surface area is 105 Å². The Kier molecular flexibility index (Phi) is 3.73. The van der Waals surface area contributed by atoms with Crippen LogP contribution in [0.25, 0.3) is 0 Å². The fraction of sp³-hybridized carbons (Fsp3) is 0.455. The number of nitrogens with zero attached hydrogens (tertiary/aromatic N) is 3. The summed E-state index contributed by atoms with van der Waals surface area (Å²) >= 11 is 1.95. The van der Waals surface area contributed by atoms with E-state index in [4.69, 9.17) is 10.9 Å². The zero-order chi connectivity index (χ0) is 12.3. The van der Waals surface area contributed by atoms with E-state index in [0.717, 1.165) is 23.7 Å². The van der Waals surface area contributed by atoms with E-state index in [2.05, 4.69) is 22.0 Å². The molecule has 1 fully saturated rings. The number of thioether (sulfide) groups is 1. The van der Waals surface area contributed by atoms with Crippen molar-refractivity contribution in [2.24, 2.45) is 10.9 Å². The first-order valence-corrected chi connectivity index (χ1v) is 6.67. The van der Waals surface area contributed by atoms with Gasteiger partial charge in [-0.2, -0.15) is 11.8 Å². The molecule has 1 aromatic heterocycles. The second-order valence-corrected chi connectivity index (χ2v) is 5.12. The van der Waals surface area contributed by atoms with E-state index < -0.39 is 0 Å². The number of rotatable bonds is 2. The molecule has 1 saturated heterocycles. The van der Waals surface area contributed by atoms with Gasteiger partial charge in [0, 0.05) is 30.3 Å². The minimum Gasteiger partial charge on any atom is -0.409 e. The first kappa shape index (κ1) is 12.0. The van der Waals surface area contributed by atoms with Crippen LogP contribution in [-0.2, 0) is 0 Å². The maximum atomic E-state index is 8.78. The summed E-state index contributed by atoms with van der Waals surface area (Å²) in [7, 11) is 0. The first-order valence-electron chi connectivity index (χ1n) is 5.51. The molecule has 1 unspecified atom stereocenters. The maximum absolute atomic E-state index is 8.78. The van der Waals surface area contributed by atoms with Crippen molar-refractivity contribution in [2.45, 2.75) is 13.0 Å². The summed E-state index contributed by atoms with van der Waals surface area (Å²) in [6.07, 6.45) is 1.65. The van der Waals surface area contributed by atoms with Gasteiger partial charge in [0.15, 0.2) is 5.84 Å². The molecule has 1 aliphatic heterocycles. The van der Waals surface area contributed by atoms with E-state index in [-0.39, 0.29) is 5.84 Å². The number of pyridine rings is 1. The molecule has 0 spiro atoms. The Hall–Kier alpha value is -1.43. The standard InChI is InChI=1S/C11H16N4OS/c1-8-7-17-6-5-15(8)9-3-2-4-13-10(9)11(12)14-16/h2-4,8,16H,5-7H2,1H3,(H2,12,14). The smallest absolute Gasteiger partial charge is 0.190 e. The van der Waals surface area contributed by atoms with Gasteiger partial charge in [-0.25, -0.2) is 0 Å². The summed E-state index contributed by atoms with van der Waals surface area (Å²) in [5, 5.41) is 11.8. The van der Waals surface area contributed by atoms with Crippen molar-refractivity contribution in [3.8, 4) is 0 Å². The third-order valence-corrected chi connectivity index (χ3v) is 4.00. The van der Waals surface area contributed by atoms with Crippen LogP contribution in [0.15, 0.2) is 23.5 Å². The second kappa shape index (κ2) is 5.27. The van der Waals surface area contributed by atoms with Crippen LogP contribution in [0.4, 0.5) is 5.69 Å². The number of amidine groups is 1. The first-order chi connectivity index (χ1) is 8.24. The zero-order valence-corrected chi connectivity index (χ0v) is 10.5. The predicted molar refractivity (Wildman–Crippen MR) is 70.9 cm³/mol. The van der Waals surface area contributed by atoms with E-state index in [1.54, 1.807) is 6.20 Å². The molecule has 3 N–H and O–H groups in total. The molecule has 17 heavy (non-hydrogen) atoms. The van der Waals surface area contributed by atoms with Crippen LogP contribution in [0.5, 0.6) is 0 Å². The summed E-state index contributed by atoms with van der Waals surface area (Å²) in [5.41, 5.74) is 7.14. The van der Waals surface area contributed by atoms with Crippen LogP contribution in [0.2, 0.25) is 0 Å². The van der Waals surface area contributed by atoms with E-state index >= 15 is 0 Å². The molecule has 6 heteroatoms. The van der Waals surface area contributed by atoms with E-state index in [0.29, 0.717) is 11.7 Å². The summed E-state index contributed by atoms with van der Waals surface area (Å²) < 4.78 is 0. The summed E-state index contributed by atoms with van der Waals surface area (Å²) in [4.78, 5) is 6.46. The number of hydrogen-bond acceptors (Lipinski definition) is 5. The molecule has 2 heterocycles. The van der Waals surface area contributed by atoms with Gasteiger partial charge < -0.3 is 15.8 Å². The fourth-order valence-electron chi connectivity index (χ4n) is 1.96. The van der Waals surface area contributed by atoms with Gasteiger partial charge in [0.25, 0.3) is 0 Å². The Morgan fingerprint density at radius 3 is 3.24 bits per heavy atom. The second-order valence-electron chi connectivity index (χ2n) is 3.97. The molecule has 1 aromatic rings. The van der Waals surface area contributed by atoms with Gasteiger partial charge >= 0.3 is 0 Å². The number of aromatic nitrogens is 1. The van der Waals surface area contributed by atoms with Crippen LogP contribution < -0.4 is 10.6 Å². The molecule has 1 aliphatic rings. The SMILES string of the molecule is CC1CSCCN1c1cccnc1/C(N)=N/O. The van der Waals surface area contributed by atoms with Crippen molar-refractivity contribution < 1.29 is 5.21 Å². The van der Waals surface area contributed by atoms with Crippen LogP contribution >= 0.6 is 11.8 Å². The molecule has 2 rings (SSSR count). The van der Waals surface area contributed by atoms with Gasteiger partial charge in [-0.05, 0) is 19.1 Å². The molecule has 0 aliphatic carbocycles. The van der Waals surface area contributed by atoms with E-state index in [1.165, 1.54) is 0 Å². The quantitative estimate of drug-likeness (QED) is 0.357. The lowest BCUT2D eigenvalue weighted by Gasteiger charge is -2.35. The highest BCUT2D eigenvalue weighted by atomic mass is 32.2. The molecule has 1 atom stereocenters. The van der Waals surface area contributed by atoms with Gasteiger partial charge in [-0.3, -0.25) is 4.98 Å². The molecule has 0 amide bonds. The van der Waals surface area contributed by atoms with Crippen LogP contribution in [-0.4, -0.2) is 40.1 Å². The maximum Gasteiger partial charge on any atom is 0.190 e. The predicted octanol–water partition coefficient (Wildman–Crippen LogP) is 1.12. The van der Waals surface area contributed by atoms with Crippen molar-refractivity contribution in [1.29, 1.82) is 0 Å². The van der Waals surface area contributed by atoms with Crippen LogP contribution in [0.1, 0.15) is 12.6 Å². The van der Waals surface area contributed by atoms with Crippen molar-refractivity contribution in [2.75, 3.05) is 23.0 Å². The minimum absolute atomic E-state index is 0.0611. The van der Waals surface area contributed by atoms with Crippen molar-refractivity contribution in [3.63, 3.8) is 0 Å². The van der Waals surface area contributed by atoms with Gasteiger partial charge in [0.1, 0.15) is 5.69 Å². The largest absolute Gasteiger partial charge is 0.409 e. The molecule has 0 radical (unpaired) electrons. The Bertz CT molecular complexity index is 424. The van der Waals surface area contributed by atoms with Crippen molar-refractivity contribution in [3.05, 3.63) is 24.0 Å². The number of nitrogens with two attached hydrogens (primary N) is 1. The Morgan fingerprint density at radius 1 is 1.71 bits per heavy atom. The van der Waals surface area contributed by atoms with Crippen LogP contribution in [0.3, 0.4) is 0 Å². The average molecular weight is 252 g/mol. The lowest BCUT2D eigenvalue weighted by Crippen LogP contribution is -2.41. The van der Waals surface area contributed by atoms with Gasteiger partial charge in [0.2, 0.25) is 0 Å². The van der Waals surface area contributed by atoms with Gasteiger partial charge in [-0.1, -0.05) is 5.16 Å². The Balaban J connectivity index is 2.37.